The van der Waals surface area contributed by atoms with Crippen molar-refractivity contribution >= 4 is 17.7 Å². The van der Waals surface area contributed by atoms with Gasteiger partial charge < -0.3 is 10.1 Å². The highest BCUT2D eigenvalue weighted by atomic mass is 16.5. The van der Waals surface area contributed by atoms with Crippen molar-refractivity contribution in [2.24, 2.45) is 5.41 Å². The molecule has 116 valence electrons. The minimum atomic E-state index is -0.673. The van der Waals surface area contributed by atoms with Crippen LogP contribution in [0.25, 0.3) is 0 Å². The third-order valence-corrected chi connectivity index (χ3v) is 3.08. The van der Waals surface area contributed by atoms with Crippen LogP contribution in [0.1, 0.15) is 40.5 Å². The number of ketones is 1. The van der Waals surface area contributed by atoms with Crippen molar-refractivity contribution in [3.63, 3.8) is 0 Å². The number of amides is 1. The molecule has 0 aliphatic heterocycles. The molecule has 1 rings (SSSR count). The summed E-state index contributed by atoms with van der Waals surface area (Å²) < 4.78 is 5.20. The zero-order valence-electron chi connectivity index (χ0n) is 13.1. The van der Waals surface area contributed by atoms with E-state index in [0.29, 0.717) is 12.8 Å². The number of allylic oxidation sites excluding steroid dienone is 2. The fourth-order valence-electron chi connectivity index (χ4n) is 1.96. The zero-order chi connectivity index (χ0) is 16.1. The summed E-state index contributed by atoms with van der Waals surface area (Å²) in [4.78, 5) is 34.2. The Kier molecular flexibility index (Phi) is 5.47. The van der Waals surface area contributed by atoms with E-state index in [9.17, 15) is 14.4 Å². The second kappa shape index (κ2) is 6.70. The fraction of sp³-hybridized carbons (Fsp3) is 0.562. The average Bonchev–Trinajstić information content (AvgIpc) is 2.36. The Balaban J connectivity index is 2.55. The molecule has 0 atom stereocenters. The van der Waals surface area contributed by atoms with Gasteiger partial charge >= 0.3 is 5.97 Å². The van der Waals surface area contributed by atoms with Gasteiger partial charge in [-0.1, -0.05) is 12.2 Å². The first kappa shape index (κ1) is 17.1. The summed E-state index contributed by atoms with van der Waals surface area (Å²) in [5.74, 6) is -0.526. The van der Waals surface area contributed by atoms with Gasteiger partial charge in [0.25, 0.3) is 0 Å². The number of hydrogen-bond acceptors (Lipinski definition) is 4. The summed E-state index contributed by atoms with van der Waals surface area (Å²) in [5, 5.41) is 2.83. The van der Waals surface area contributed by atoms with Crippen molar-refractivity contribution < 1.29 is 19.1 Å². The van der Waals surface area contributed by atoms with Gasteiger partial charge in [0.1, 0.15) is 0 Å². The van der Waals surface area contributed by atoms with Crippen LogP contribution in [0.15, 0.2) is 24.3 Å². The van der Waals surface area contributed by atoms with E-state index in [-0.39, 0.29) is 24.3 Å². The molecule has 1 N–H and O–H groups in total. The van der Waals surface area contributed by atoms with Crippen LogP contribution in [-0.2, 0) is 19.1 Å². The van der Waals surface area contributed by atoms with Crippen molar-refractivity contribution in [1.82, 2.24) is 5.32 Å². The molecule has 0 unspecified atom stereocenters. The highest BCUT2D eigenvalue weighted by Gasteiger charge is 2.28. The molecule has 0 spiro atoms. The Morgan fingerprint density at radius 3 is 2.29 bits per heavy atom. The van der Waals surface area contributed by atoms with E-state index in [1.54, 1.807) is 32.9 Å². The molecule has 21 heavy (non-hydrogen) atoms. The summed E-state index contributed by atoms with van der Waals surface area (Å²) in [7, 11) is 0. The summed E-state index contributed by atoms with van der Waals surface area (Å²) in [6.07, 6.45) is 7.40. The first-order valence-corrected chi connectivity index (χ1v) is 7.03. The second-order valence-electron chi connectivity index (χ2n) is 6.28. The van der Waals surface area contributed by atoms with Crippen LogP contribution >= 0.6 is 0 Å². The Morgan fingerprint density at radius 1 is 1.24 bits per heavy atom. The molecule has 0 saturated heterocycles. The quantitative estimate of drug-likeness (QED) is 0.621. The Morgan fingerprint density at radius 2 is 1.81 bits per heavy atom. The van der Waals surface area contributed by atoms with Gasteiger partial charge in [0.2, 0.25) is 5.91 Å². The van der Waals surface area contributed by atoms with Gasteiger partial charge in [-0.25, -0.2) is 0 Å². The molecule has 0 saturated carbocycles. The Hall–Kier alpha value is -1.91. The lowest BCUT2D eigenvalue weighted by Gasteiger charge is -2.30. The van der Waals surface area contributed by atoms with Crippen LogP contribution in [0.2, 0.25) is 0 Å². The number of carbonyl (C=O) groups excluding carboxylic acids is 3. The molecular formula is C16H23NO4. The highest BCUT2D eigenvalue weighted by Crippen LogP contribution is 2.21. The number of esters is 1. The van der Waals surface area contributed by atoms with Crippen LogP contribution in [-0.4, -0.2) is 29.8 Å². The zero-order valence-corrected chi connectivity index (χ0v) is 13.1. The van der Waals surface area contributed by atoms with Crippen LogP contribution in [0.5, 0.6) is 0 Å². The molecule has 1 amide bonds. The molecule has 0 fully saturated rings. The lowest BCUT2D eigenvalue weighted by Crippen LogP contribution is -2.45. The minimum absolute atomic E-state index is 0.102. The van der Waals surface area contributed by atoms with Crippen molar-refractivity contribution in [2.75, 3.05) is 6.61 Å². The number of rotatable bonds is 5. The molecule has 0 bridgehead atoms. The largest absolute Gasteiger partial charge is 0.465 e. The highest BCUT2D eigenvalue weighted by molar-refractivity contribution is 6.00. The summed E-state index contributed by atoms with van der Waals surface area (Å²) in [6.45, 7) is 7.11. The predicted molar refractivity (Wildman–Crippen MR) is 79.5 cm³/mol. The van der Waals surface area contributed by atoms with E-state index in [1.165, 1.54) is 19.1 Å². The molecule has 0 aromatic carbocycles. The van der Waals surface area contributed by atoms with Gasteiger partial charge in [0, 0.05) is 6.92 Å². The molecule has 0 radical (unpaired) electrons. The lowest BCUT2D eigenvalue weighted by atomic mass is 9.88. The van der Waals surface area contributed by atoms with E-state index >= 15 is 0 Å². The molecule has 1 aliphatic rings. The van der Waals surface area contributed by atoms with Crippen molar-refractivity contribution in [3.8, 4) is 0 Å². The molecule has 1 aliphatic carbocycles. The third kappa shape index (κ3) is 5.53. The number of nitrogens with one attached hydrogen (secondary N) is 1. The van der Waals surface area contributed by atoms with Crippen molar-refractivity contribution in [3.05, 3.63) is 24.3 Å². The van der Waals surface area contributed by atoms with E-state index < -0.39 is 11.0 Å². The molecular weight excluding hydrogens is 270 g/mol. The summed E-state index contributed by atoms with van der Waals surface area (Å²) in [5.41, 5.74) is -1.19. The molecule has 0 heterocycles. The van der Waals surface area contributed by atoms with Gasteiger partial charge in [-0.05, 0) is 45.8 Å². The van der Waals surface area contributed by atoms with Crippen LogP contribution < -0.4 is 5.32 Å². The number of hydrogen-bond donors (Lipinski definition) is 1. The summed E-state index contributed by atoms with van der Waals surface area (Å²) >= 11 is 0. The van der Waals surface area contributed by atoms with Gasteiger partial charge in [-0.15, -0.1) is 0 Å². The van der Waals surface area contributed by atoms with Crippen LogP contribution in [0, 0.1) is 5.41 Å². The van der Waals surface area contributed by atoms with E-state index in [1.807, 2.05) is 0 Å². The van der Waals surface area contributed by atoms with Crippen molar-refractivity contribution in [1.29, 1.82) is 0 Å². The maximum Gasteiger partial charge on any atom is 0.311 e. The summed E-state index contributed by atoms with van der Waals surface area (Å²) in [6, 6.07) is 0. The van der Waals surface area contributed by atoms with Gasteiger partial charge in [0.05, 0.1) is 17.6 Å². The molecule has 0 aromatic heterocycles. The molecule has 0 aromatic rings. The third-order valence-electron chi connectivity index (χ3n) is 3.08. The monoisotopic (exact) mass is 293 g/mol. The second-order valence-corrected chi connectivity index (χ2v) is 6.28. The molecule has 5 nitrogen and oxygen atoms in total. The van der Waals surface area contributed by atoms with Crippen LogP contribution in [0.4, 0.5) is 0 Å². The normalized spacial score (nSPS) is 16.7. The van der Waals surface area contributed by atoms with E-state index in [4.69, 9.17) is 4.74 Å². The molecule has 5 heteroatoms. The maximum absolute atomic E-state index is 11.7. The number of carbonyl (C=O) groups is 3. The smallest absolute Gasteiger partial charge is 0.311 e. The Bertz CT molecular complexity index is 467. The minimum Gasteiger partial charge on any atom is -0.465 e. The standard InChI is InChI=1S/C16H23NO4/c1-12(18)17-16(9-6-13(19)7-10-16)8-5-11-21-14(20)15(2,3)4/h6-7,9-10H,5,8,11H2,1-4H3,(H,17,18). The lowest BCUT2D eigenvalue weighted by molar-refractivity contribution is -0.153. The van der Waals surface area contributed by atoms with Gasteiger partial charge in [0.15, 0.2) is 5.78 Å². The van der Waals surface area contributed by atoms with E-state index in [2.05, 4.69) is 5.32 Å². The maximum atomic E-state index is 11.7. The van der Waals surface area contributed by atoms with Gasteiger partial charge in [-0.3, -0.25) is 14.4 Å². The SMILES string of the molecule is CC(=O)NC1(CCCOC(=O)C(C)(C)C)C=CC(=O)C=C1. The predicted octanol–water partition coefficient (Wildman–Crippen LogP) is 1.93. The first-order valence-electron chi connectivity index (χ1n) is 7.03. The van der Waals surface area contributed by atoms with E-state index in [0.717, 1.165) is 0 Å². The fourth-order valence-corrected chi connectivity index (χ4v) is 1.96. The first-order chi connectivity index (χ1) is 9.65. The number of ether oxygens (including phenoxy) is 1. The average molecular weight is 293 g/mol. The topological polar surface area (TPSA) is 72.5 Å². The van der Waals surface area contributed by atoms with Crippen LogP contribution in [0.3, 0.4) is 0 Å². The Labute approximate surface area is 125 Å². The van der Waals surface area contributed by atoms with Gasteiger partial charge in [-0.2, -0.15) is 0 Å². The van der Waals surface area contributed by atoms with Crippen molar-refractivity contribution in [2.45, 2.75) is 46.1 Å².